The highest BCUT2D eigenvalue weighted by Gasteiger charge is 2.55. The summed E-state index contributed by atoms with van der Waals surface area (Å²) in [5.74, 6) is -0.169. The number of hydrogen-bond acceptors (Lipinski definition) is 4. The van der Waals surface area contributed by atoms with Gasteiger partial charge in [0.05, 0.1) is 5.56 Å². The number of nitrogens with one attached hydrogen (secondary N) is 1. The number of halogens is 2. The molecule has 7 heteroatoms. The number of para-hydroxylation sites is 1. The van der Waals surface area contributed by atoms with Gasteiger partial charge in [-0.15, -0.1) is 0 Å². The summed E-state index contributed by atoms with van der Waals surface area (Å²) in [6.45, 7) is 2.73. The molecule has 4 aliphatic rings. The van der Waals surface area contributed by atoms with Gasteiger partial charge in [-0.05, 0) is 17.7 Å². The molecule has 4 heterocycles. The van der Waals surface area contributed by atoms with Gasteiger partial charge in [0.2, 0.25) is 0 Å². The Bertz CT molecular complexity index is 908. The molecule has 0 aromatic heterocycles. The molecule has 30 heavy (non-hydrogen) atoms. The quantitative estimate of drug-likeness (QED) is 0.819. The van der Waals surface area contributed by atoms with Crippen molar-refractivity contribution in [1.82, 2.24) is 15.1 Å². The third-order valence-electron chi connectivity index (χ3n) is 6.78. The molecule has 4 fully saturated rings. The fourth-order valence-electron chi connectivity index (χ4n) is 5.64. The van der Waals surface area contributed by atoms with Crippen LogP contribution in [0.25, 0.3) is 0 Å². The van der Waals surface area contributed by atoms with Gasteiger partial charge >= 0.3 is 6.61 Å². The van der Waals surface area contributed by atoms with Crippen molar-refractivity contribution in [1.29, 1.82) is 0 Å². The van der Waals surface area contributed by atoms with E-state index in [1.807, 2.05) is 18.2 Å². The minimum absolute atomic E-state index is 0.0717. The molecule has 2 unspecified atom stereocenters. The van der Waals surface area contributed by atoms with Crippen LogP contribution in [0.3, 0.4) is 0 Å². The molecule has 6 rings (SSSR count). The normalized spacial score (nSPS) is 32.1. The Balaban J connectivity index is 1.50. The maximum Gasteiger partial charge on any atom is 0.387 e. The predicted molar refractivity (Wildman–Crippen MR) is 109 cm³/mol. The summed E-state index contributed by atoms with van der Waals surface area (Å²) in [6.07, 6.45) is 0. The maximum absolute atomic E-state index is 13.2. The topological polar surface area (TPSA) is 44.8 Å². The van der Waals surface area contributed by atoms with Crippen LogP contribution in [-0.4, -0.2) is 67.6 Å². The highest BCUT2D eigenvalue weighted by Crippen LogP contribution is 2.43. The second-order valence-corrected chi connectivity index (χ2v) is 8.58. The van der Waals surface area contributed by atoms with Crippen LogP contribution in [0.2, 0.25) is 0 Å². The first-order valence-electron chi connectivity index (χ1n) is 10.4. The minimum atomic E-state index is -2.97. The van der Waals surface area contributed by atoms with E-state index in [0.29, 0.717) is 0 Å². The van der Waals surface area contributed by atoms with Crippen molar-refractivity contribution in [3.8, 4) is 5.75 Å². The number of piperidine rings is 2. The van der Waals surface area contributed by atoms with Crippen LogP contribution in [0, 0.1) is 5.92 Å². The predicted octanol–water partition coefficient (Wildman–Crippen LogP) is 2.59. The standard InChI is InChI=1S/C23H25F2N3O2/c24-22(25)30-19-9-5-4-8-18(19)21(29)26-20-16-12-27-10-11-28(13-16)15-23(20,14-27)17-6-2-1-3-7-17/h1-9,16,20,22H,10-15H2,(H,26,29)/t16?,20-,23?/m0/s1. The van der Waals surface area contributed by atoms with Gasteiger partial charge in [0, 0.05) is 56.6 Å². The zero-order valence-corrected chi connectivity index (χ0v) is 16.6. The first-order valence-corrected chi connectivity index (χ1v) is 10.4. The molecular weight excluding hydrogens is 388 g/mol. The number of carbonyl (C=O) groups is 1. The van der Waals surface area contributed by atoms with Crippen LogP contribution in [0.15, 0.2) is 54.6 Å². The van der Waals surface area contributed by atoms with E-state index in [1.54, 1.807) is 12.1 Å². The van der Waals surface area contributed by atoms with Crippen molar-refractivity contribution < 1.29 is 18.3 Å². The van der Waals surface area contributed by atoms with E-state index in [0.717, 1.165) is 39.3 Å². The number of hydrogen-bond donors (Lipinski definition) is 1. The van der Waals surface area contributed by atoms with E-state index in [2.05, 4.69) is 32.0 Å². The fourth-order valence-corrected chi connectivity index (χ4v) is 5.64. The third kappa shape index (κ3) is 3.36. The first kappa shape index (κ1) is 19.5. The zero-order valence-electron chi connectivity index (χ0n) is 16.6. The van der Waals surface area contributed by atoms with Gasteiger partial charge in [0.1, 0.15) is 5.75 Å². The molecule has 2 aromatic carbocycles. The molecule has 0 saturated carbocycles. The van der Waals surface area contributed by atoms with Crippen LogP contribution >= 0.6 is 0 Å². The van der Waals surface area contributed by atoms with Crippen LogP contribution in [-0.2, 0) is 5.41 Å². The van der Waals surface area contributed by atoms with Crippen molar-refractivity contribution in [2.75, 3.05) is 39.3 Å². The minimum Gasteiger partial charge on any atom is -0.434 e. The lowest BCUT2D eigenvalue weighted by atomic mass is 9.64. The lowest BCUT2D eigenvalue weighted by Crippen LogP contribution is -2.70. The molecule has 4 saturated heterocycles. The molecule has 4 bridgehead atoms. The van der Waals surface area contributed by atoms with E-state index < -0.39 is 6.61 Å². The molecule has 5 nitrogen and oxygen atoms in total. The Morgan fingerprint density at radius 2 is 1.63 bits per heavy atom. The van der Waals surface area contributed by atoms with Crippen LogP contribution in [0.1, 0.15) is 15.9 Å². The summed E-state index contributed by atoms with van der Waals surface area (Å²) in [7, 11) is 0. The summed E-state index contributed by atoms with van der Waals surface area (Å²) < 4.78 is 30.2. The second-order valence-electron chi connectivity index (χ2n) is 8.58. The van der Waals surface area contributed by atoms with E-state index in [-0.39, 0.29) is 34.6 Å². The fraction of sp³-hybridized carbons (Fsp3) is 0.435. The SMILES string of the molecule is O=C(N[C@H]1C2CN3CCN(C2)CC1(c1ccccc1)C3)c1ccccc1OC(F)F. The molecule has 4 aliphatic heterocycles. The number of rotatable bonds is 5. The monoisotopic (exact) mass is 413 g/mol. The zero-order chi connectivity index (χ0) is 20.7. The lowest BCUT2D eigenvalue weighted by Gasteiger charge is -2.55. The van der Waals surface area contributed by atoms with E-state index in [9.17, 15) is 13.6 Å². The number of fused-ring (bicyclic) bond motifs is 1. The van der Waals surface area contributed by atoms with Crippen LogP contribution in [0.5, 0.6) is 5.75 Å². The summed E-state index contributed by atoms with van der Waals surface area (Å²) in [4.78, 5) is 18.2. The van der Waals surface area contributed by atoms with Crippen molar-refractivity contribution in [3.05, 3.63) is 65.7 Å². The smallest absolute Gasteiger partial charge is 0.387 e. The Morgan fingerprint density at radius 3 is 2.30 bits per heavy atom. The second kappa shape index (κ2) is 7.63. The van der Waals surface area contributed by atoms with Crippen molar-refractivity contribution in [2.24, 2.45) is 5.92 Å². The lowest BCUT2D eigenvalue weighted by molar-refractivity contribution is -0.0502. The van der Waals surface area contributed by atoms with E-state index >= 15 is 0 Å². The number of benzene rings is 2. The van der Waals surface area contributed by atoms with Gasteiger partial charge in [-0.1, -0.05) is 42.5 Å². The molecule has 2 aromatic rings. The summed E-state index contributed by atoms with van der Waals surface area (Å²) in [5.41, 5.74) is 1.13. The number of amides is 1. The Labute approximate surface area is 174 Å². The van der Waals surface area contributed by atoms with E-state index in [1.165, 1.54) is 17.7 Å². The summed E-state index contributed by atoms with van der Waals surface area (Å²) in [5, 5.41) is 3.24. The maximum atomic E-state index is 13.2. The van der Waals surface area contributed by atoms with Gasteiger partial charge in [0.15, 0.2) is 0 Å². The highest BCUT2D eigenvalue weighted by molar-refractivity contribution is 5.97. The highest BCUT2D eigenvalue weighted by atomic mass is 19.3. The number of ether oxygens (including phenoxy) is 1. The van der Waals surface area contributed by atoms with Gasteiger partial charge in [0.25, 0.3) is 5.91 Å². The van der Waals surface area contributed by atoms with Gasteiger partial charge < -0.3 is 19.9 Å². The summed E-state index contributed by atoms with van der Waals surface area (Å²) >= 11 is 0. The van der Waals surface area contributed by atoms with Gasteiger partial charge in [-0.3, -0.25) is 4.79 Å². The van der Waals surface area contributed by atoms with Crippen molar-refractivity contribution >= 4 is 5.91 Å². The number of nitrogens with zero attached hydrogens (tertiary/aromatic N) is 2. The number of alkyl halides is 2. The molecular formula is C23H25F2N3O2. The Hall–Kier alpha value is -2.51. The molecule has 158 valence electrons. The van der Waals surface area contributed by atoms with Crippen LogP contribution in [0.4, 0.5) is 8.78 Å². The molecule has 0 radical (unpaired) electrons. The molecule has 1 N–H and O–H groups in total. The van der Waals surface area contributed by atoms with Crippen molar-refractivity contribution in [3.63, 3.8) is 0 Å². The average Bonchev–Trinajstić information content (AvgIpc) is 2.99. The Kier molecular flexibility index (Phi) is 4.95. The van der Waals surface area contributed by atoms with Crippen molar-refractivity contribution in [2.45, 2.75) is 18.1 Å². The van der Waals surface area contributed by atoms with Gasteiger partial charge in [-0.2, -0.15) is 8.78 Å². The average molecular weight is 413 g/mol. The summed E-state index contributed by atoms with van der Waals surface area (Å²) in [6, 6.07) is 16.5. The number of carbonyl (C=O) groups excluding carboxylic acids is 1. The molecule has 0 aliphatic carbocycles. The Morgan fingerprint density at radius 1 is 1.00 bits per heavy atom. The van der Waals surface area contributed by atoms with Gasteiger partial charge in [-0.25, -0.2) is 0 Å². The molecule has 3 atom stereocenters. The first-order chi connectivity index (χ1) is 14.5. The van der Waals surface area contributed by atoms with Crippen LogP contribution < -0.4 is 10.1 Å². The molecule has 1 amide bonds. The third-order valence-corrected chi connectivity index (χ3v) is 6.78. The molecule has 0 spiro atoms. The largest absolute Gasteiger partial charge is 0.434 e. The van der Waals surface area contributed by atoms with E-state index in [4.69, 9.17) is 0 Å².